The molecule has 2 N–H and O–H groups in total. The van der Waals surface area contributed by atoms with E-state index in [2.05, 4.69) is 55.7 Å². The van der Waals surface area contributed by atoms with Crippen LogP contribution in [0.15, 0.2) is 24.3 Å². The number of hydrogen-bond acceptors (Lipinski definition) is 2. The maximum absolute atomic E-state index is 3.36. The monoisotopic (exact) mass is 192 g/mol. The first-order chi connectivity index (χ1) is 6.68. The minimum absolute atomic E-state index is 0.565. The number of aryl methyl sites for hydroxylation is 1. The summed E-state index contributed by atoms with van der Waals surface area (Å²) in [6, 6.07) is 9.04. The molecule has 0 aliphatic heterocycles. The molecule has 0 unspecified atom stereocenters. The molecule has 2 nitrogen and oxygen atoms in total. The van der Waals surface area contributed by atoms with Crippen LogP contribution in [0.4, 0.5) is 5.69 Å². The van der Waals surface area contributed by atoms with Gasteiger partial charge in [0, 0.05) is 24.8 Å². The third kappa shape index (κ3) is 4.28. The lowest BCUT2D eigenvalue weighted by Gasteiger charge is -2.09. The summed E-state index contributed by atoms with van der Waals surface area (Å²) in [6.45, 7) is 8.40. The normalized spacial score (nSPS) is 10.6. The molecule has 2 heteroatoms. The second-order valence-corrected chi connectivity index (χ2v) is 3.90. The van der Waals surface area contributed by atoms with Gasteiger partial charge in [0.05, 0.1) is 0 Å². The van der Waals surface area contributed by atoms with Crippen LogP contribution in [0.2, 0.25) is 0 Å². The van der Waals surface area contributed by atoms with E-state index in [-0.39, 0.29) is 0 Å². The average molecular weight is 192 g/mol. The maximum atomic E-state index is 3.36. The van der Waals surface area contributed by atoms with Gasteiger partial charge >= 0.3 is 0 Å². The molecule has 1 rings (SSSR count). The van der Waals surface area contributed by atoms with Gasteiger partial charge in [-0.2, -0.15) is 0 Å². The summed E-state index contributed by atoms with van der Waals surface area (Å²) in [6.07, 6.45) is 0. The van der Waals surface area contributed by atoms with Gasteiger partial charge in [-0.25, -0.2) is 0 Å². The smallest absolute Gasteiger partial charge is 0.0340 e. The standard InChI is InChI=1S/C12H20N2/c1-10(2)13-8-9-14-12-6-4-11(3)5-7-12/h4-7,10,13-14H,8-9H2,1-3H3. The van der Waals surface area contributed by atoms with Crippen LogP contribution in [0.3, 0.4) is 0 Å². The van der Waals surface area contributed by atoms with Gasteiger partial charge < -0.3 is 10.6 Å². The van der Waals surface area contributed by atoms with Crippen molar-refractivity contribution < 1.29 is 0 Å². The highest BCUT2D eigenvalue weighted by Gasteiger charge is 1.92. The fraction of sp³-hybridized carbons (Fsp3) is 0.500. The zero-order valence-corrected chi connectivity index (χ0v) is 9.30. The average Bonchev–Trinajstić information content (AvgIpc) is 2.15. The fourth-order valence-corrected chi connectivity index (χ4v) is 1.24. The third-order valence-corrected chi connectivity index (χ3v) is 2.06. The summed E-state index contributed by atoms with van der Waals surface area (Å²) >= 11 is 0. The molecule has 78 valence electrons. The number of benzene rings is 1. The van der Waals surface area contributed by atoms with E-state index in [4.69, 9.17) is 0 Å². The van der Waals surface area contributed by atoms with Crippen LogP contribution < -0.4 is 10.6 Å². The van der Waals surface area contributed by atoms with Crippen molar-refractivity contribution in [2.75, 3.05) is 18.4 Å². The van der Waals surface area contributed by atoms with Crippen LogP contribution in [-0.2, 0) is 0 Å². The molecule has 0 amide bonds. The van der Waals surface area contributed by atoms with Gasteiger partial charge in [0.1, 0.15) is 0 Å². The van der Waals surface area contributed by atoms with Crippen molar-refractivity contribution in [1.82, 2.24) is 5.32 Å². The topological polar surface area (TPSA) is 24.1 Å². The molecule has 1 aromatic rings. The lowest BCUT2D eigenvalue weighted by molar-refractivity contribution is 0.602. The first-order valence-corrected chi connectivity index (χ1v) is 5.22. The Morgan fingerprint density at radius 3 is 2.29 bits per heavy atom. The molecule has 1 aromatic carbocycles. The lowest BCUT2D eigenvalue weighted by atomic mass is 10.2. The van der Waals surface area contributed by atoms with Gasteiger partial charge in [-0.15, -0.1) is 0 Å². The van der Waals surface area contributed by atoms with Crippen molar-refractivity contribution in [1.29, 1.82) is 0 Å². The summed E-state index contributed by atoms with van der Waals surface area (Å²) < 4.78 is 0. The molecule has 0 spiro atoms. The Morgan fingerprint density at radius 2 is 1.71 bits per heavy atom. The second kappa shape index (κ2) is 5.66. The van der Waals surface area contributed by atoms with Crippen molar-refractivity contribution in [2.24, 2.45) is 0 Å². The highest BCUT2D eigenvalue weighted by molar-refractivity contribution is 5.44. The molecule has 0 fully saturated rings. The Balaban J connectivity index is 2.21. The van der Waals surface area contributed by atoms with E-state index >= 15 is 0 Å². The largest absolute Gasteiger partial charge is 0.384 e. The summed E-state index contributed by atoms with van der Waals surface area (Å²) in [5.74, 6) is 0. The van der Waals surface area contributed by atoms with Gasteiger partial charge in [0.15, 0.2) is 0 Å². The zero-order valence-electron chi connectivity index (χ0n) is 9.30. The molecule has 0 aliphatic rings. The van der Waals surface area contributed by atoms with Crippen molar-refractivity contribution in [3.05, 3.63) is 29.8 Å². The number of anilines is 1. The lowest BCUT2D eigenvalue weighted by Crippen LogP contribution is -2.28. The number of hydrogen-bond donors (Lipinski definition) is 2. The van der Waals surface area contributed by atoms with Crippen molar-refractivity contribution >= 4 is 5.69 Å². The molecule has 0 atom stereocenters. The SMILES string of the molecule is Cc1ccc(NCCNC(C)C)cc1. The molecule has 0 bridgehead atoms. The predicted molar refractivity (Wildman–Crippen MR) is 62.8 cm³/mol. The molecule has 0 saturated heterocycles. The van der Waals surface area contributed by atoms with Crippen molar-refractivity contribution in [3.63, 3.8) is 0 Å². The number of nitrogens with one attached hydrogen (secondary N) is 2. The summed E-state index contributed by atoms with van der Waals surface area (Å²) in [4.78, 5) is 0. The Bertz CT molecular complexity index is 252. The Labute approximate surface area is 86.7 Å². The molecule has 0 aliphatic carbocycles. The van der Waals surface area contributed by atoms with E-state index in [1.54, 1.807) is 0 Å². The highest BCUT2D eigenvalue weighted by atomic mass is 15.0. The molecule has 0 aromatic heterocycles. The predicted octanol–water partition coefficient (Wildman–Crippen LogP) is 2.40. The van der Waals surface area contributed by atoms with Gasteiger partial charge in [-0.3, -0.25) is 0 Å². The van der Waals surface area contributed by atoms with Crippen molar-refractivity contribution in [2.45, 2.75) is 26.8 Å². The molecule has 14 heavy (non-hydrogen) atoms. The van der Waals surface area contributed by atoms with E-state index in [1.165, 1.54) is 11.3 Å². The first kappa shape index (κ1) is 11.1. The van der Waals surface area contributed by atoms with Gasteiger partial charge in [0.25, 0.3) is 0 Å². The van der Waals surface area contributed by atoms with Crippen LogP contribution in [0.1, 0.15) is 19.4 Å². The summed E-state index contributed by atoms with van der Waals surface area (Å²) in [5, 5.41) is 6.73. The minimum Gasteiger partial charge on any atom is -0.384 e. The molecular formula is C12H20N2. The van der Waals surface area contributed by atoms with Crippen molar-refractivity contribution in [3.8, 4) is 0 Å². The Kier molecular flexibility index (Phi) is 4.47. The second-order valence-electron chi connectivity index (χ2n) is 3.90. The van der Waals surface area contributed by atoms with E-state index in [0.717, 1.165) is 13.1 Å². The number of rotatable bonds is 5. The van der Waals surface area contributed by atoms with Gasteiger partial charge in [-0.1, -0.05) is 31.5 Å². The molecule has 0 radical (unpaired) electrons. The first-order valence-electron chi connectivity index (χ1n) is 5.22. The summed E-state index contributed by atoms with van der Waals surface area (Å²) in [7, 11) is 0. The van der Waals surface area contributed by atoms with E-state index in [9.17, 15) is 0 Å². The highest BCUT2D eigenvalue weighted by Crippen LogP contribution is 2.07. The Morgan fingerprint density at radius 1 is 1.07 bits per heavy atom. The quantitative estimate of drug-likeness (QED) is 0.700. The fourth-order valence-electron chi connectivity index (χ4n) is 1.24. The van der Waals surface area contributed by atoms with Gasteiger partial charge in [0.2, 0.25) is 0 Å². The third-order valence-electron chi connectivity index (χ3n) is 2.06. The van der Waals surface area contributed by atoms with E-state index in [1.807, 2.05) is 0 Å². The molecule has 0 saturated carbocycles. The van der Waals surface area contributed by atoms with Crippen LogP contribution in [0.25, 0.3) is 0 Å². The van der Waals surface area contributed by atoms with Crippen LogP contribution >= 0.6 is 0 Å². The van der Waals surface area contributed by atoms with E-state index < -0.39 is 0 Å². The van der Waals surface area contributed by atoms with E-state index in [0.29, 0.717) is 6.04 Å². The van der Waals surface area contributed by atoms with Crippen LogP contribution in [0.5, 0.6) is 0 Å². The Hall–Kier alpha value is -1.02. The van der Waals surface area contributed by atoms with Crippen LogP contribution in [-0.4, -0.2) is 19.1 Å². The minimum atomic E-state index is 0.565. The molecular weight excluding hydrogens is 172 g/mol. The van der Waals surface area contributed by atoms with Crippen LogP contribution in [0, 0.1) is 6.92 Å². The zero-order chi connectivity index (χ0) is 10.4. The molecule has 0 heterocycles. The summed E-state index contributed by atoms with van der Waals surface area (Å²) in [5.41, 5.74) is 2.50. The maximum Gasteiger partial charge on any atom is 0.0340 e. The van der Waals surface area contributed by atoms with Gasteiger partial charge in [-0.05, 0) is 19.1 Å².